The lowest BCUT2D eigenvalue weighted by molar-refractivity contribution is -0.134. The van der Waals surface area contributed by atoms with E-state index in [1.54, 1.807) is 0 Å². The van der Waals surface area contributed by atoms with Crippen molar-refractivity contribution in [3.63, 3.8) is 0 Å². The minimum absolute atomic E-state index is 0.317. The summed E-state index contributed by atoms with van der Waals surface area (Å²) < 4.78 is 0. The second kappa shape index (κ2) is 7.93. The fourth-order valence-corrected chi connectivity index (χ4v) is 3.73. The lowest BCUT2D eigenvalue weighted by Gasteiger charge is -2.37. The number of carbonyl (C=O) groups excluding carboxylic acids is 1. The van der Waals surface area contributed by atoms with Gasteiger partial charge in [0.05, 0.1) is 6.54 Å². The highest BCUT2D eigenvalue weighted by molar-refractivity contribution is 5.78. The maximum absolute atomic E-state index is 12.5. The highest BCUT2D eigenvalue weighted by Gasteiger charge is 2.26. The molecule has 0 bridgehead atoms. The van der Waals surface area contributed by atoms with Crippen LogP contribution < -0.4 is 5.32 Å². The van der Waals surface area contributed by atoms with Gasteiger partial charge in [0.1, 0.15) is 0 Å². The van der Waals surface area contributed by atoms with Gasteiger partial charge in [0.25, 0.3) is 0 Å². The van der Waals surface area contributed by atoms with E-state index in [-0.39, 0.29) is 0 Å². The van der Waals surface area contributed by atoms with Gasteiger partial charge in [-0.05, 0) is 37.7 Å². The molecule has 0 saturated carbocycles. The number of carbonyl (C=O) groups is 1. The third kappa shape index (κ3) is 4.55. The van der Waals surface area contributed by atoms with Crippen LogP contribution in [0, 0.1) is 5.92 Å². The fourth-order valence-electron chi connectivity index (χ4n) is 3.73. The molecule has 1 amide bonds. The summed E-state index contributed by atoms with van der Waals surface area (Å²) in [5, 5.41) is 3.38. The van der Waals surface area contributed by atoms with Gasteiger partial charge >= 0.3 is 0 Å². The van der Waals surface area contributed by atoms with Crippen molar-refractivity contribution in [1.82, 2.24) is 15.1 Å². The third-order valence-corrected chi connectivity index (χ3v) is 5.31. The zero-order chi connectivity index (χ0) is 16.1. The molecule has 4 nitrogen and oxygen atoms in total. The Morgan fingerprint density at radius 1 is 1.17 bits per heavy atom. The Morgan fingerprint density at radius 2 is 1.91 bits per heavy atom. The van der Waals surface area contributed by atoms with Crippen molar-refractivity contribution >= 4 is 5.91 Å². The standard InChI is InChI=1S/C19H29N3O/c1-16-14-20-9-12-22(16)15-19(23)21-10-7-18(8-11-21)13-17-5-3-2-4-6-17/h2-6,16,18,20H,7-15H2,1H3/t16-/m1/s1. The first-order valence-corrected chi connectivity index (χ1v) is 8.99. The highest BCUT2D eigenvalue weighted by atomic mass is 16.2. The van der Waals surface area contributed by atoms with E-state index in [0.29, 0.717) is 18.5 Å². The van der Waals surface area contributed by atoms with E-state index in [1.807, 2.05) is 0 Å². The zero-order valence-electron chi connectivity index (χ0n) is 14.2. The summed E-state index contributed by atoms with van der Waals surface area (Å²) in [5.74, 6) is 1.04. The average Bonchev–Trinajstić information content (AvgIpc) is 2.58. The zero-order valence-corrected chi connectivity index (χ0v) is 14.2. The normalized spacial score (nSPS) is 23.9. The number of likely N-dealkylation sites (tertiary alicyclic amines) is 1. The second-order valence-electron chi connectivity index (χ2n) is 7.04. The monoisotopic (exact) mass is 315 g/mol. The maximum atomic E-state index is 12.5. The fraction of sp³-hybridized carbons (Fsp3) is 0.632. The summed E-state index contributed by atoms with van der Waals surface area (Å²) >= 11 is 0. The molecule has 2 aliphatic heterocycles. The topological polar surface area (TPSA) is 35.6 Å². The molecule has 1 N–H and O–H groups in total. The van der Waals surface area contributed by atoms with Gasteiger partial charge in [0, 0.05) is 38.8 Å². The molecule has 1 atom stereocenters. The van der Waals surface area contributed by atoms with Crippen LogP contribution in [-0.4, -0.2) is 61.0 Å². The lowest BCUT2D eigenvalue weighted by Crippen LogP contribution is -2.53. The molecule has 2 fully saturated rings. The Labute approximate surface area is 139 Å². The summed E-state index contributed by atoms with van der Waals surface area (Å²) in [5.41, 5.74) is 1.42. The van der Waals surface area contributed by atoms with Gasteiger partial charge in [0.15, 0.2) is 0 Å². The van der Waals surface area contributed by atoms with Gasteiger partial charge in [-0.25, -0.2) is 0 Å². The first-order valence-electron chi connectivity index (χ1n) is 8.99. The van der Waals surface area contributed by atoms with Crippen molar-refractivity contribution in [2.75, 3.05) is 39.3 Å². The number of benzene rings is 1. The molecule has 0 radical (unpaired) electrons. The van der Waals surface area contributed by atoms with Gasteiger partial charge in [-0.2, -0.15) is 0 Å². The molecule has 3 rings (SSSR count). The quantitative estimate of drug-likeness (QED) is 0.920. The lowest BCUT2D eigenvalue weighted by atomic mass is 9.90. The molecule has 0 aliphatic carbocycles. The van der Waals surface area contributed by atoms with Crippen molar-refractivity contribution in [1.29, 1.82) is 0 Å². The molecule has 1 aromatic carbocycles. The summed E-state index contributed by atoms with van der Waals surface area (Å²) in [4.78, 5) is 16.9. The van der Waals surface area contributed by atoms with Crippen molar-refractivity contribution in [2.45, 2.75) is 32.2 Å². The molecule has 126 valence electrons. The molecular weight excluding hydrogens is 286 g/mol. The number of rotatable bonds is 4. The van der Waals surface area contributed by atoms with Gasteiger partial charge in [-0.15, -0.1) is 0 Å². The highest BCUT2D eigenvalue weighted by Crippen LogP contribution is 2.22. The van der Waals surface area contributed by atoms with Crippen LogP contribution in [0.4, 0.5) is 0 Å². The Balaban J connectivity index is 1.44. The van der Waals surface area contributed by atoms with Crippen LogP contribution in [0.3, 0.4) is 0 Å². The van der Waals surface area contributed by atoms with Crippen molar-refractivity contribution in [3.05, 3.63) is 35.9 Å². The van der Waals surface area contributed by atoms with Gasteiger partial charge in [-0.3, -0.25) is 9.69 Å². The number of nitrogens with zero attached hydrogens (tertiary/aromatic N) is 2. The number of nitrogens with one attached hydrogen (secondary N) is 1. The summed E-state index contributed by atoms with van der Waals surface area (Å²) in [6, 6.07) is 11.2. The summed E-state index contributed by atoms with van der Waals surface area (Å²) in [6.07, 6.45) is 3.42. The van der Waals surface area contributed by atoms with E-state index < -0.39 is 0 Å². The van der Waals surface area contributed by atoms with Crippen LogP contribution in [0.2, 0.25) is 0 Å². The van der Waals surface area contributed by atoms with Gasteiger partial charge < -0.3 is 10.2 Å². The smallest absolute Gasteiger partial charge is 0.236 e. The third-order valence-electron chi connectivity index (χ3n) is 5.31. The maximum Gasteiger partial charge on any atom is 0.236 e. The molecule has 0 unspecified atom stereocenters. The molecule has 2 saturated heterocycles. The molecule has 0 aromatic heterocycles. The minimum atomic E-state index is 0.317. The predicted molar refractivity (Wildman–Crippen MR) is 93.4 cm³/mol. The van der Waals surface area contributed by atoms with Crippen LogP contribution in [0.25, 0.3) is 0 Å². The molecule has 23 heavy (non-hydrogen) atoms. The largest absolute Gasteiger partial charge is 0.342 e. The van der Waals surface area contributed by atoms with Crippen LogP contribution >= 0.6 is 0 Å². The average molecular weight is 315 g/mol. The van der Waals surface area contributed by atoms with E-state index in [4.69, 9.17) is 0 Å². The van der Waals surface area contributed by atoms with Crippen LogP contribution in [0.5, 0.6) is 0 Å². The Kier molecular flexibility index (Phi) is 5.68. The molecule has 1 aromatic rings. The van der Waals surface area contributed by atoms with Crippen molar-refractivity contribution < 1.29 is 4.79 Å². The van der Waals surface area contributed by atoms with Gasteiger partial charge in [-0.1, -0.05) is 30.3 Å². The summed E-state index contributed by atoms with van der Waals surface area (Å²) in [7, 11) is 0. The Morgan fingerprint density at radius 3 is 2.61 bits per heavy atom. The number of hydrogen-bond donors (Lipinski definition) is 1. The Bertz CT molecular complexity index is 497. The first-order chi connectivity index (χ1) is 11.2. The van der Waals surface area contributed by atoms with Crippen LogP contribution in [-0.2, 0) is 11.2 Å². The second-order valence-corrected chi connectivity index (χ2v) is 7.04. The number of piperidine rings is 1. The van der Waals surface area contributed by atoms with Crippen molar-refractivity contribution in [3.8, 4) is 0 Å². The number of hydrogen-bond acceptors (Lipinski definition) is 3. The Hall–Kier alpha value is -1.39. The van der Waals surface area contributed by atoms with E-state index in [1.165, 1.54) is 5.56 Å². The SMILES string of the molecule is C[C@@H]1CNCCN1CC(=O)N1CCC(Cc2ccccc2)CC1. The van der Waals surface area contributed by atoms with Gasteiger partial charge in [0.2, 0.25) is 5.91 Å². The van der Waals surface area contributed by atoms with E-state index >= 15 is 0 Å². The molecule has 4 heteroatoms. The van der Waals surface area contributed by atoms with Crippen molar-refractivity contribution in [2.24, 2.45) is 5.92 Å². The molecule has 2 aliphatic rings. The van der Waals surface area contributed by atoms with Crippen LogP contribution in [0.1, 0.15) is 25.3 Å². The van der Waals surface area contributed by atoms with E-state index in [9.17, 15) is 4.79 Å². The molecule has 0 spiro atoms. The van der Waals surface area contributed by atoms with Crippen LogP contribution in [0.15, 0.2) is 30.3 Å². The number of piperazine rings is 1. The molecular formula is C19H29N3O. The predicted octanol–water partition coefficient (Wildman–Crippen LogP) is 1.76. The molecule has 2 heterocycles. The summed E-state index contributed by atoms with van der Waals surface area (Å²) in [6.45, 7) is 7.62. The first kappa shape index (κ1) is 16.5. The number of amides is 1. The van der Waals surface area contributed by atoms with E-state index in [0.717, 1.165) is 57.9 Å². The van der Waals surface area contributed by atoms with E-state index in [2.05, 4.69) is 52.4 Å². The minimum Gasteiger partial charge on any atom is -0.342 e.